The molecule has 0 spiro atoms. The van der Waals surface area contributed by atoms with E-state index in [0.29, 0.717) is 5.95 Å². The number of benzene rings is 1. The Bertz CT molecular complexity index is 364. The first-order valence-electron chi connectivity index (χ1n) is 5.99. The molecule has 94 valence electrons. The van der Waals surface area contributed by atoms with E-state index in [-0.39, 0.29) is 6.10 Å². The van der Waals surface area contributed by atoms with E-state index in [2.05, 4.69) is 19.6 Å². The molecule has 17 heavy (non-hydrogen) atoms. The van der Waals surface area contributed by atoms with Crippen LogP contribution in [0.4, 0.5) is 0 Å². The van der Waals surface area contributed by atoms with Crippen molar-refractivity contribution in [3.63, 3.8) is 0 Å². The van der Waals surface area contributed by atoms with Gasteiger partial charge in [-0.25, -0.2) is 0 Å². The molecule has 0 aliphatic rings. The van der Waals surface area contributed by atoms with Gasteiger partial charge in [-0.05, 0) is 39.1 Å². The lowest BCUT2D eigenvalue weighted by molar-refractivity contribution is 0.0639. The highest BCUT2D eigenvalue weighted by Crippen LogP contribution is 2.16. The summed E-state index contributed by atoms with van der Waals surface area (Å²) >= 11 is 0. The molecule has 0 aromatic heterocycles. The van der Waals surface area contributed by atoms with Crippen LogP contribution in [0.25, 0.3) is 6.08 Å². The van der Waals surface area contributed by atoms with Gasteiger partial charge in [-0.2, -0.15) is 0 Å². The Hall–Kier alpha value is -1.22. The third-order valence-corrected chi connectivity index (χ3v) is 2.66. The summed E-state index contributed by atoms with van der Waals surface area (Å²) in [7, 11) is -1.63. The fourth-order valence-corrected chi connectivity index (χ4v) is 2.02. The topological polar surface area (TPSA) is 18.5 Å². The third-order valence-electron chi connectivity index (χ3n) is 1.84. The monoisotopic (exact) mass is 250 g/mol. The maximum absolute atomic E-state index is 5.93. The molecule has 1 aromatic carbocycles. The van der Waals surface area contributed by atoms with Gasteiger partial charge in [0.2, 0.25) is 8.32 Å². The summed E-state index contributed by atoms with van der Waals surface area (Å²) in [5.74, 6) is 0.630. The average Bonchev–Trinajstić information content (AvgIpc) is 2.15. The van der Waals surface area contributed by atoms with Crippen molar-refractivity contribution in [1.29, 1.82) is 0 Å². The molecule has 2 nitrogen and oxygen atoms in total. The zero-order valence-electron chi connectivity index (χ0n) is 11.4. The molecule has 0 aliphatic carbocycles. The van der Waals surface area contributed by atoms with Crippen molar-refractivity contribution < 1.29 is 9.16 Å². The second kappa shape index (κ2) is 5.91. The first-order valence-corrected chi connectivity index (χ1v) is 9.40. The fraction of sp³-hybridized carbons (Fsp3) is 0.429. The van der Waals surface area contributed by atoms with Crippen LogP contribution in [0.5, 0.6) is 0 Å². The zero-order valence-corrected chi connectivity index (χ0v) is 12.4. The molecular weight excluding hydrogens is 228 g/mol. The van der Waals surface area contributed by atoms with Gasteiger partial charge < -0.3 is 9.16 Å². The molecule has 1 rings (SSSR count). The second-order valence-electron chi connectivity index (χ2n) is 5.26. The summed E-state index contributed by atoms with van der Waals surface area (Å²) in [6, 6.07) is 10.1. The maximum Gasteiger partial charge on any atom is 0.266 e. The summed E-state index contributed by atoms with van der Waals surface area (Å²) in [6.45, 7) is 10.5. The molecule has 1 aromatic rings. The molecule has 0 unspecified atom stereocenters. The average molecular weight is 250 g/mol. The van der Waals surface area contributed by atoms with Crippen molar-refractivity contribution in [3.05, 3.63) is 41.8 Å². The minimum absolute atomic E-state index is 0.126. The second-order valence-corrected chi connectivity index (χ2v) is 9.68. The molecule has 0 N–H and O–H groups in total. The molecule has 3 heteroatoms. The van der Waals surface area contributed by atoms with Crippen LogP contribution in [-0.2, 0) is 9.16 Å². The summed E-state index contributed by atoms with van der Waals surface area (Å²) in [5, 5.41) is 0. The minimum atomic E-state index is -1.63. The highest BCUT2D eigenvalue weighted by Gasteiger charge is 2.19. The molecule has 0 atom stereocenters. The molecule has 0 amide bonds. The van der Waals surface area contributed by atoms with Gasteiger partial charge in [-0.15, -0.1) is 0 Å². The van der Waals surface area contributed by atoms with Crippen LogP contribution in [0.15, 0.2) is 36.3 Å². The van der Waals surface area contributed by atoms with Crippen LogP contribution < -0.4 is 0 Å². The minimum Gasteiger partial charge on any atom is -0.520 e. The van der Waals surface area contributed by atoms with Crippen molar-refractivity contribution in [1.82, 2.24) is 0 Å². The van der Waals surface area contributed by atoms with Gasteiger partial charge in [0, 0.05) is 6.08 Å². The smallest absolute Gasteiger partial charge is 0.266 e. The van der Waals surface area contributed by atoms with E-state index in [4.69, 9.17) is 9.16 Å². The van der Waals surface area contributed by atoms with E-state index in [0.717, 1.165) is 5.56 Å². The van der Waals surface area contributed by atoms with Gasteiger partial charge in [0.15, 0.2) is 0 Å². The molecule has 0 saturated carbocycles. The Balaban J connectivity index is 2.86. The lowest BCUT2D eigenvalue weighted by atomic mass is 10.2. The van der Waals surface area contributed by atoms with Crippen molar-refractivity contribution in [3.8, 4) is 0 Å². The third kappa shape index (κ3) is 6.17. The summed E-state index contributed by atoms with van der Waals surface area (Å²) < 4.78 is 11.6. The Morgan fingerprint density at radius 3 is 2.18 bits per heavy atom. The van der Waals surface area contributed by atoms with Crippen molar-refractivity contribution in [2.45, 2.75) is 39.6 Å². The van der Waals surface area contributed by atoms with Gasteiger partial charge in [0.1, 0.15) is 0 Å². The van der Waals surface area contributed by atoms with E-state index in [9.17, 15) is 0 Å². The first kappa shape index (κ1) is 13.8. The largest absolute Gasteiger partial charge is 0.520 e. The summed E-state index contributed by atoms with van der Waals surface area (Å²) in [4.78, 5) is 0. The van der Waals surface area contributed by atoms with Crippen molar-refractivity contribution in [2.75, 3.05) is 0 Å². The number of ether oxygens (including phenoxy) is 1. The highest BCUT2D eigenvalue weighted by molar-refractivity contribution is 6.70. The molecule has 0 aliphatic heterocycles. The number of hydrogen-bond acceptors (Lipinski definition) is 2. The van der Waals surface area contributed by atoms with Gasteiger partial charge in [0.25, 0.3) is 5.95 Å². The standard InChI is InChI=1S/C14H22O2Si/c1-12(2)15-14(16-17(3,4)5)11-13-9-7-6-8-10-13/h6-12H,1-5H3/b14-11-. The Morgan fingerprint density at radius 1 is 1.12 bits per heavy atom. The van der Waals surface area contributed by atoms with E-state index in [1.165, 1.54) is 0 Å². The van der Waals surface area contributed by atoms with Crippen LogP contribution in [-0.4, -0.2) is 14.4 Å². The number of hydrogen-bond donors (Lipinski definition) is 0. The zero-order chi connectivity index (χ0) is 12.9. The van der Waals surface area contributed by atoms with Crippen LogP contribution in [0.3, 0.4) is 0 Å². The summed E-state index contributed by atoms with van der Waals surface area (Å²) in [6.07, 6.45) is 2.08. The predicted octanol–water partition coefficient (Wildman–Crippen LogP) is 4.26. The summed E-state index contributed by atoms with van der Waals surface area (Å²) in [5.41, 5.74) is 1.10. The van der Waals surface area contributed by atoms with Gasteiger partial charge in [-0.3, -0.25) is 0 Å². The molecule has 0 saturated heterocycles. The van der Waals surface area contributed by atoms with Gasteiger partial charge in [-0.1, -0.05) is 30.3 Å². The maximum atomic E-state index is 5.93. The van der Waals surface area contributed by atoms with Crippen LogP contribution in [0.1, 0.15) is 19.4 Å². The molecule has 0 radical (unpaired) electrons. The van der Waals surface area contributed by atoms with E-state index >= 15 is 0 Å². The van der Waals surface area contributed by atoms with Gasteiger partial charge in [0.05, 0.1) is 6.10 Å². The SMILES string of the molecule is CC(C)O/C(=C/c1ccccc1)O[Si](C)(C)C. The van der Waals surface area contributed by atoms with Crippen LogP contribution >= 0.6 is 0 Å². The lowest BCUT2D eigenvalue weighted by Crippen LogP contribution is -2.26. The molecule has 0 fully saturated rings. The fourth-order valence-electron chi connectivity index (χ4n) is 1.31. The highest BCUT2D eigenvalue weighted by atomic mass is 28.4. The molecule has 0 heterocycles. The number of rotatable bonds is 5. The lowest BCUT2D eigenvalue weighted by Gasteiger charge is -2.23. The van der Waals surface area contributed by atoms with E-state index < -0.39 is 8.32 Å². The van der Waals surface area contributed by atoms with E-state index in [1.807, 2.05) is 50.3 Å². The normalized spacial score (nSPS) is 12.7. The van der Waals surface area contributed by atoms with E-state index in [1.54, 1.807) is 0 Å². The predicted molar refractivity (Wildman–Crippen MR) is 75.1 cm³/mol. The Morgan fingerprint density at radius 2 is 1.71 bits per heavy atom. The van der Waals surface area contributed by atoms with Crippen LogP contribution in [0, 0.1) is 0 Å². The van der Waals surface area contributed by atoms with Crippen molar-refractivity contribution >= 4 is 14.4 Å². The molecular formula is C14H22O2Si. The van der Waals surface area contributed by atoms with Crippen molar-refractivity contribution in [2.24, 2.45) is 0 Å². The van der Waals surface area contributed by atoms with Gasteiger partial charge >= 0.3 is 0 Å². The first-order chi connectivity index (χ1) is 7.87. The Kier molecular flexibility index (Phi) is 4.81. The Labute approximate surface area is 105 Å². The molecule has 0 bridgehead atoms. The quantitative estimate of drug-likeness (QED) is 0.574. The van der Waals surface area contributed by atoms with Crippen LogP contribution in [0.2, 0.25) is 19.6 Å².